The summed E-state index contributed by atoms with van der Waals surface area (Å²) in [4.78, 5) is 25.3. The molecular weight excluding hydrogens is 286 g/mol. The van der Waals surface area contributed by atoms with Crippen molar-refractivity contribution in [1.29, 1.82) is 0 Å². The number of aliphatic carboxylic acids is 1. The number of halogens is 1. The molecule has 0 saturated carbocycles. The molecule has 1 aromatic carbocycles. The fraction of sp³-hybridized carbons (Fsp3) is 0.385. The first-order valence-electron chi connectivity index (χ1n) is 5.84. The Kier molecular flexibility index (Phi) is 6.18. The van der Waals surface area contributed by atoms with E-state index in [-0.39, 0.29) is 18.9 Å². The van der Waals surface area contributed by atoms with Crippen LogP contribution in [0.15, 0.2) is 23.1 Å². The molecule has 0 unspecified atom stereocenters. The standard InChI is InChI=1S/C13H16ClNO3S/c1-3-15(7-6-12(16)17)13(18)10-8-9(19-2)4-5-11(10)14/h4-5,8H,3,6-7H2,1-2H3,(H,16,17). The molecule has 0 aliphatic heterocycles. The second-order valence-electron chi connectivity index (χ2n) is 3.87. The van der Waals surface area contributed by atoms with Crippen molar-refractivity contribution >= 4 is 35.2 Å². The van der Waals surface area contributed by atoms with Crippen LogP contribution in [0.1, 0.15) is 23.7 Å². The molecule has 0 radical (unpaired) electrons. The van der Waals surface area contributed by atoms with Crippen LogP contribution in [0.5, 0.6) is 0 Å². The van der Waals surface area contributed by atoms with Crippen molar-refractivity contribution in [3.63, 3.8) is 0 Å². The largest absolute Gasteiger partial charge is 0.481 e. The highest BCUT2D eigenvalue weighted by Gasteiger charge is 2.18. The van der Waals surface area contributed by atoms with Gasteiger partial charge in [-0.3, -0.25) is 9.59 Å². The van der Waals surface area contributed by atoms with E-state index < -0.39 is 5.97 Å². The SMILES string of the molecule is CCN(CCC(=O)O)C(=O)c1cc(SC)ccc1Cl. The van der Waals surface area contributed by atoms with Crippen LogP contribution in [0.25, 0.3) is 0 Å². The zero-order valence-electron chi connectivity index (χ0n) is 10.9. The fourth-order valence-electron chi connectivity index (χ4n) is 1.60. The summed E-state index contributed by atoms with van der Waals surface area (Å²) in [6.07, 6.45) is 1.85. The van der Waals surface area contributed by atoms with Gasteiger partial charge in [-0.15, -0.1) is 11.8 Å². The van der Waals surface area contributed by atoms with Gasteiger partial charge in [0.25, 0.3) is 5.91 Å². The van der Waals surface area contributed by atoms with Crippen LogP contribution >= 0.6 is 23.4 Å². The van der Waals surface area contributed by atoms with E-state index in [4.69, 9.17) is 16.7 Å². The quantitative estimate of drug-likeness (QED) is 0.821. The molecule has 19 heavy (non-hydrogen) atoms. The van der Waals surface area contributed by atoms with E-state index in [0.29, 0.717) is 17.1 Å². The Bertz CT molecular complexity index is 479. The van der Waals surface area contributed by atoms with Gasteiger partial charge in [-0.05, 0) is 31.4 Å². The predicted octanol–water partition coefficient (Wildman–Crippen LogP) is 3.00. The summed E-state index contributed by atoms with van der Waals surface area (Å²) in [7, 11) is 0. The van der Waals surface area contributed by atoms with Crippen LogP contribution in [0.4, 0.5) is 0 Å². The topological polar surface area (TPSA) is 57.6 Å². The van der Waals surface area contributed by atoms with Gasteiger partial charge < -0.3 is 10.0 Å². The van der Waals surface area contributed by atoms with Gasteiger partial charge in [0.15, 0.2) is 0 Å². The van der Waals surface area contributed by atoms with E-state index in [1.54, 1.807) is 12.1 Å². The Labute approximate surface area is 121 Å². The van der Waals surface area contributed by atoms with Gasteiger partial charge in [0.1, 0.15) is 0 Å². The minimum atomic E-state index is -0.921. The van der Waals surface area contributed by atoms with Crippen molar-refractivity contribution in [2.24, 2.45) is 0 Å². The fourth-order valence-corrected chi connectivity index (χ4v) is 2.24. The summed E-state index contributed by atoms with van der Waals surface area (Å²) < 4.78 is 0. The average molecular weight is 302 g/mol. The van der Waals surface area contributed by atoms with Gasteiger partial charge >= 0.3 is 5.97 Å². The van der Waals surface area contributed by atoms with Crippen LogP contribution in [0.3, 0.4) is 0 Å². The minimum Gasteiger partial charge on any atom is -0.481 e. The molecule has 0 aliphatic carbocycles. The van der Waals surface area contributed by atoms with Crippen molar-refractivity contribution < 1.29 is 14.7 Å². The van der Waals surface area contributed by atoms with E-state index in [1.807, 2.05) is 19.2 Å². The Morgan fingerprint density at radius 2 is 2.11 bits per heavy atom. The van der Waals surface area contributed by atoms with Crippen LogP contribution < -0.4 is 0 Å². The zero-order valence-corrected chi connectivity index (χ0v) is 12.4. The number of rotatable bonds is 6. The summed E-state index contributed by atoms with van der Waals surface area (Å²) >= 11 is 7.56. The van der Waals surface area contributed by atoms with E-state index >= 15 is 0 Å². The third-order valence-corrected chi connectivity index (χ3v) is 3.72. The normalized spacial score (nSPS) is 10.3. The summed E-state index contributed by atoms with van der Waals surface area (Å²) in [6.45, 7) is 2.45. The minimum absolute atomic E-state index is 0.0700. The lowest BCUT2D eigenvalue weighted by Gasteiger charge is -2.20. The number of carbonyl (C=O) groups excluding carboxylic acids is 1. The number of carbonyl (C=O) groups is 2. The first-order valence-corrected chi connectivity index (χ1v) is 7.44. The number of hydrogen-bond donors (Lipinski definition) is 1. The van der Waals surface area contributed by atoms with Gasteiger partial charge in [-0.1, -0.05) is 11.6 Å². The smallest absolute Gasteiger partial charge is 0.305 e. The highest BCUT2D eigenvalue weighted by atomic mass is 35.5. The number of nitrogens with zero attached hydrogens (tertiary/aromatic N) is 1. The van der Waals surface area contributed by atoms with Gasteiger partial charge in [0.05, 0.1) is 17.0 Å². The molecule has 0 aromatic heterocycles. The molecule has 1 amide bonds. The Morgan fingerprint density at radius 3 is 2.63 bits per heavy atom. The Morgan fingerprint density at radius 1 is 1.42 bits per heavy atom. The van der Waals surface area contributed by atoms with Gasteiger partial charge in [-0.2, -0.15) is 0 Å². The van der Waals surface area contributed by atoms with Crippen molar-refractivity contribution in [3.05, 3.63) is 28.8 Å². The lowest BCUT2D eigenvalue weighted by atomic mass is 10.2. The van der Waals surface area contributed by atoms with Crippen LogP contribution in [-0.2, 0) is 4.79 Å². The second kappa shape index (κ2) is 7.40. The van der Waals surface area contributed by atoms with Gasteiger partial charge in [0.2, 0.25) is 0 Å². The van der Waals surface area contributed by atoms with Crippen molar-refractivity contribution in [1.82, 2.24) is 4.90 Å². The maximum atomic E-state index is 12.3. The van der Waals surface area contributed by atoms with Crippen LogP contribution in [-0.4, -0.2) is 41.2 Å². The molecular formula is C13H16ClNO3S. The number of amides is 1. The van der Waals surface area contributed by atoms with Crippen molar-refractivity contribution in [2.75, 3.05) is 19.3 Å². The van der Waals surface area contributed by atoms with E-state index in [2.05, 4.69) is 0 Å². The Balaban J connectivity index is 2.93. The second-order valence-corrected chi connectivity index (χ2v) is 5.16. The predicted molar refractivity (Wildman–Crippen MR) is 77.1 cm³/mol. The first kappa shape index (κ1) is 15.9. The van der Waals surface area contributed by atoms with Crippen LogP contribution in [0, 0.1) is 0 Å². The van der Waals surface area contributed by atoms with E-state index in [9.17, 15) is 9.59 Å². The van der Waals surface area contributed by atoms with Gasteiger partial charge in [0, 0.05) is 18.0 Å². The number of carboxylic acids is 1. The summed E-state index contributed by atoms with van der Waals surface area (Å²) in [5.41, 5.74) is 0.417. The lowest BCUT2D eigenvalue weighted by molar-refractivity contribution is -0.137. The molecule has 4 nitrogen and oxygen atoms in total. The first-order chi connectivity index (χ1) is 8.99. The van der Waals surface area contributed by atoms with Gasteiger partial charge in [-0.25, -0.2) is 0 Å². The van der Waals surface area contributed by atoms with Crippen molar-refractivity contribution in [2.45, 2.75) is 18.2 Å². The molecule has 0 bridgehead atoms. The average Bonchev–Trinajstić information content (AvgIpc) is 2.39. The third-order valence-electron chi connectivity index (χ3n) is 2.67. The molecule has 0 spiro atoms. The molecule has 0 saturated heterocycles. The number of carboxylic acid groups (broad SMARTS) is 1. The summed E-state index contributed by atoms with van der Waals surface area (Å²) in [5, 5.41) is 9.07. The Hall–Kier alpha value is -1.20. The summed E-state index contributed by atoms with van der Waals surface area (Å²) in [6, 6.07) is 5.27. The molecule has 1 N–H and O–H groups in total. The van der Waals surface area contributed by atoms with Crippen molar-refractivity contribution in [3.8, 4) is 0 Å². The monoisotopic (exact) mass is 301 g/mol. The molecule has 0 fully saturated rings. The third kappa shape index (κ3) is 4.44. The number of thioether (sulfide) groups is 1. The zero-order chi connectivity index (χ0) is 14.4. The van der Waals surface area contributed by atoms with Crippen LogP contribution in [0.2, 0.25) is 5.02 Å². The molecule has 1 aromatic rings. The number of benzene rings is 1. The lowest BCUT2D eigenvalue weighted by Crippen LogP contribution is -2.33. The van der Waals surface area contributed by atoms with E-state index in [1.165, 1.54) is 16.7 Å². The summed E-state index contributed by atoms with van der Waals surface area (Å²) in [5.74, 6) is -1.15. The molecule has 0 heterocycles. The molecule has 0 aliphatic rings. The highest BCUT2D eigenvalue weighted by Crippen LogP contribution is 2.24. The number of hydrogen-bond acceptors (Lipinski definition) is 3. The maximum absolute atomic E-state index is 12.3. The molecule has 104 valence electrons. The van der Waals surface area contributed by atoms with E-state index in [0.717, 1.165) is 4.90 Å². The highest BCUT2D eigenvalue weighted by molar-refractivity contribution is 7.98. The molecule has 6 heteroatoms. The maximum Gasteiger partial charge on any atom is 0.305 e. The molecule has 1 rings (SSSR count). The molecule has 0 atom stereocenters.